The van der Waals surface area contributed by atoms with Crippen LogP contribution >= 0.6 is 23.8 Å². The molecule has 2 atom stereocenters. The number of aliphatic carboxylic acids is 1. The molecule has 1 aliphatic heterocycles. The van der Waals surface area contributed by atoms with E-state index in [2.05, 4.69) is 15.4 Å². The van der Waals surface area contributed by atoms with Crippen molar-refractivity contribution in [2.45, 2.75) is 38.1 Å². The van der Waals surface area contributed by atoms with Gasteiger partial charge in [0.25, 0.3) is 0 Å². The first kappa shape index (κ1) is 36.7. The molecule has 4 aromatic rings. The van der Waals surface area contributed by atoms with Crippen molar-refractivity contribution in [2.24, 2.45) is 18.7 Å². The van der Waals surface area contributed by atoms with E-state index in [1.54, 1.807) is 17.1 Å². The Morgan fingerprint density at radius 1 is 1.20 bits per heavy atom. The number of nitrogens with one attached hydrogen (secondary N) is 1. The molecule has 0 radical (unpaired) electrons. The summed E-state index contributed by atoms with van der Waals surface area (Å²) in [5.41, 5.74) is 11.1. The van der Waals surface area contributed by atoms with E-state index in [0.717, 1.165) is 53.7 Å². The van der Waals surface area contributed by atoms with E-state index in [9.17, 15) is 18.0 Å². The minimum absolute atomic E-state index is 0.226. The first-order chi connectivity index (χ1) is 23.7. The number of nitrogens with zero attached hydrogens (tertiary/aromatic N) is 4. The number of rotatable bonds is 9. The smallest absolute Gasteiger partial charge is 0.490 e. The van der Waals surface area contributed by atoms with Crippen molar-refractivity contribution in [3.05, 3.63) is 83.4 Å². The summed E-state index contributed by atoms with van der Waals surface area (Å²) in [6, 6.07) is 11.7. The molecule has 1 amide bonds. The zero-order valence-corrected chi connectivity index (χ0v) is 28.6. The molecule has 3 heterocycles. The third-order valence-corrected chi connectivity index (χ3v) is 9.08. The number of carboxylic acid groups (broad SMARTS) is 1. The van der Waals surface area contributed by atoms with Gasteiger partial charge in [0.15, 0.2) is 0 Å². The molecule has 264 valence electrons. The van der Waals surface area contributed by atoms with Gasteiger partial charge in [-0.15, -0.1) is 0 Å². The molecule has 11 nitrogen and oxygen atoms in total. The lowest BCUT2D eigenvalue weighted by Gasteiger charge is -2.27. The van der Waals surface area contributed by atoms with E-state index >= 15 is 0 Å². The molecule has 1 unspecified atom stereocenters. The molecule has 0 saturated carbocycles. The molecule has 4 N–H and O–H groups in total. The zero-order valence-electron chi connectivity index (χ0n) is 27.0. The molecule has 16 heteroatoms. The predicted molar refractivity (Wildman–Crippen MR) is 186 cm³/mol. The minimum Gasteiger partial charge on any atom is -0.492 e. The number of imidazole rings is 1. The van der Waals surface area contributed by atoms with Crippen LogP contribution in [0.15, 0.2) is 72.8 Å². The Labute approximate surface area is 295 Å². The van der Waals surface area contributed by atoms with Gasteiger partial charge in [0, 0.05) is 30.1 Å². The molecule has 1 saturated heterocycles. The van der Waals surface area contributed by atoms with E-state index in [1.165, 1.54) is 0 Å². The fraction of sp³-hybridized carbons (Fsp3) is 0.324. The largest absolute Gasteiger partial charge is 0.492 e. The van der Waals surface area contributed by atoms with Crippen LogP contribution in [0.2, 0.25) is 5.02 Å². The number of piperidine rings is 1. The van der Waals surface area contributed by atoms with Crippen molar-refractivity contribution in [1.82, 2.24) is 24.6 Å². The molecule has 2 aliphatic rings. The summed E-state index contributed by atoms with van der Waals surface area (Å²) in [6.07, 6.45) is 4.98. The number of thiocarbonyl (C=S) groups is 1. The lowest BCUT2D eigenvalue weighted by atomic mass is 9.98. The number of hydrogen-bond donors (Lipinski definition) is 3. The highest BCUT2D eigenvalue weighted by Gasteiger charge is 2.38. The summed E-state index contributed by atoms with van der Waals surface area (Å²) >= 11 is 12.5. The third-order valence-electron chi connectivity index (χ3n) is 8.22. The number of carboxylic acids is 1. The van der Waals surface area contributed by atoms with Crippen LogP contribution in [-0.4, -0.2) is 73.2 Å². The van der Waals surface area contributed by atoms with Crippen LogP contribution in [0.4, 0.5) is 13.2 Å². The second kappa shape index (κ2) is 15.5. The first-order valence-corrected chi connectivity index (χ1v) is 16.3. The number of fused-ring (bicyclic) bond motifs is 1. The first-order valence-electron chi connectivity index (χ1n) is 15.5. The molecule has 1 fully saturated rings. The minimum atomic E-state index is -5.08. The van der Waals surface area contributed by atoms with E-state index in [4.69, 9.17) is 48.9 Å². The zero-order chi connectivity index (χ0) is 36.2. The topological polar surface area (TPSA) is 147 Å². The Hall–Kier alpha value is -4.57. The predicted octanol–water partition coefficient (Wildman–Crippen LogP) is 5.88. The van der Waals surface area contributed by atoms with Crippen molar-refractivity contribution in [3.63, 3.8) is 0 Å². The molecular formula is C34H34ClF3N6O5S. The summed E-state index contributed by atoms with van der Waals surface area (Å²) in [4.78, 5) is 26.3. The Morgan fingerprint density at radius 2 is 1.92 bits per heavy atom. The van der Waals surface area contributed by atoms with Crippen molar-refractivity contribution in [2.75, 3.05) is 19.7 Å². The van der Waals surface area contributed by atoms with E-state index in [-0.39, 0.29) is 5.57 Å². The highest BCUT2D eigenvalue weighted by molar-refractivity contribution is 7.81. The molecule has 0 spiro atoms. The number of alkyl halides is 3. The number of allylic oxidation sites excluding steroid dienone is 2. The summed E-state index contributed by atoms with van der Waals surface area (Å²) in [7, 11) is 1.88. The molecule has 1 aliphatic carbocycles. The van der Waals surface area contributed by atoms with Gasteiger partial charge in [0.2, 0.25) is 5.91 Å². The molecule has 0 bridgehead atoms. The van der Waals surface area contributed by atoms with Crippen LogP contribution in [0, 0.1) is 5.92 Å². The normalized spacial score (nSPS) is 17.4. The van der Waals surface area contributed by atoms with E-state index in [1.807, 2.05) is 73.4 Å². The van der Waals surface area contributed by atoms with Gasteiger partial charge in [-0.3, -0.25) is 14.0 Å². The highest BCUT2D eigenvalue weighted by atomic mass is 35.5. The number of primary amides is 1. The second-order valence-electron chi connectivity index (χ2n) is 11.8. The SMILES string of the molecule is C[C@@H](OC1C=C(n2cnc3cc(-c4cnn(C)c4)ccc32)C=C(C(N)=O)C1=S)c1cccc(OCC2CCNCC2)c1Cl.O=C(O)C(F)(F)F. The van der Waals surface area contributed by atoms with Crippen molar-refractivity contribution in [3.8, 4) is 16.9 Å². The lowest BCUT2D eigenvalue weighted by molar-refractivity contribution is -0.192. The Balaban J connectivity index is 0.000000630. The van der Waals surface area contributed by atoms with Gasteiger partial charge in [-0.2, -0.15) is 18.3 Å². The quantitative estimate of drug-likeness (QED) is 0.180. The molecule has 50 heavy (non-hydrogen) atoms. The molecule has 2 aromatic carbocycles. The number of nitrogens with two attached hydrogens (primary N) is 1. The Bertz CT molecular complexity index is 1970. The number of aryl methyl sites for hydroxylation is 1. The van der Waals surface area contributed by atoms with Crippen molar-refractivity contribution >= 4 is 57.3 Å². The summed E-state index contributed by atoms with van der Waals surface area (Å²) in [6.45, 7) is 4.54. The van der Waals surface area contributed by atoms with Gasteiger partial charge in [0.1, 0.15) is 18.2 Å². The van der Waals surface area contributed by atoms with Crippen LogP contribution in [0.3, 0.4) is 0 Å². The van der Waals surface area contributed by atoms with Gasteiger partial charge < -0.3 is 25.6 Å². The summed E-state index contributed by atoms with van der Waals surface area (Å²) in [5.74, 6) is -2.25. The van der Waals surface area contributed by atoms with Crippen LogP contribution in [0.1, 0.15) is 31.4 Å². The molecule has 2 aromatic heterocycles. The molecular weight excluding hydrogens is 697 g/mol. The molecule has 6 rings (SSSR count). The van der Waals surface area contributed by atoms with Gasteiger partial charge >= 0.3 is 12.1 Å². The van der Waals surface area contributed by atoms with Crippen molar-refractivity contribution < 1.29 is 37.3 Å². The van der Waals surface area contributed by atoms with Crippen LogP contribution in [-0.2, 0) is 21.4 Å². The maximum absolute atomic E-state index is 12.5. The third kappa shape index (κ3) is 8.59. The van der Waals surface area contributed by atoms with E-state index in [0.29, 0.717) is 33.9 Å². The number of carbonyl (C=O) groups is 2. The standard InChI is InChI=1S/C32H33ClN6O3S.C2HF3O2/c1-19(24-4-3-5-28(30(24)33)41-17-20-8-10-35-11-9-20)42-29-14-23(13-25(31(29)43)32(34)40)39-18-36-26-12-21(6-7-27(26)39)22-15-37-38(2)16-22;3-2(4,5)1(6)7/h3-7,12-16,18-20,29,35H,8-11,17H2,1-2H3,(H2,34,40);(H,6,7)/t19-,29?;/m1./s1. The average molecular weight is 731 g/mol. The van der Waals surface area contributed by atoms with Gasteiger partial charge in [0.05, 0.1) is 45.4 Å². The maximum atomic E-state index is 12.5. The highest BCUT2D eigenvalue weighted by Crippen LogP contribution is 2.36. The number of ether oxygens (including phenoxy) is 2. The van der Waals surface area contributed by atoms with Gasteiger partial charge in [-0.25, -0.2) is 9.78 Å². The Morgan fingerprint density at radius 3 is 2.56 bits per heavy atom. The number of hydrogen-bond acceptors (Lipinski definition) is 8. The fourth-order valence-corrected chi connectivity index (χ4v) is 6.18. The number of benzene rings is 2. The number of halogens is 4. The van der Waals surface area contributed by atoms with Crippen LogP contribution in [0.25, 0.3) is 27.9 Å². The van der Waals surface area contributed by atoms with Crippen molar-refractivity contribution in [1.29, 1.82) is 0 Å². The average Bonchev–Trinajstić information content (AvgIpc) is 3.71. The second-order valence-corrected chi connectivity index (χ2v) is 12.6. The van der Waals surface area contributed by atoms with Crippen LogP contribution < -0.4 is 15.8 Å². The van der Waals surface area contributed by atoms with E-state index < -0.39 is 30.3 Å². The number of amides is 1. The summed E-state index contributed by atoms with van der Waals surface area (Å²) in [5, 5.41) is 15.3. The summed E-state index contributed by atoms with van der Waals surface area (Å²) < 4.78 is 48.0. The maximum Gasteiger partial charge on any atom is 0.490 e. The monoisotopic (exact) mass is 730 g/mol. The number of carbonyl (C=O) groups excluding carboxylic acids is 1. The number of aromatic nitrogens is 4. The lowest BCUT2D eigenvalue weighted by Crippen LogP contribution is -2.32. The Kier molecular flexibility index (Phi) is 11.4. The fourth-order valence-electron chi connectivity index (χ4n) is 5.57. The van der Waals surface area contributed by atoms with Gasteiger partial charge in [-0.05, 0) is 74.7 Å². The van der Waals surface area contributed by atoms with Crippen LogP contribution in [0.5, 0.6) is 5.75 Å². The van der Waals surface area contributed by atoms with Gasteiger partial charge in [-0.1, -0.05) is 42.0 Å².